The smallest absolute Gasteiger partial charge is 0.323 e. The molecule has 35 heavy (non-hydrogen) atoms. The van der Waals surface area contributed by atoms with Crippen molar-refractivity contribution in [3.8, 4) is 5.82 Å². The molecular formula is C20H14ClF2IN8O2S. The van der Waals surface area contributed by atoms with E-state index in [2.05, 4.69) is 35.7 Å². The summed E-state index contributed by atoms with van der Waals surface area (Å²) in [5, 5.41) is 9.51. The quantitative estimate of drug-likeness (QED) is 0.229. The van der Waals surface area contributed by atoms with Crippen LogP contribution in [0.2, 0.25) is 5.02 Å². The summed E-state index contributed by atoms with van der Waals surface area (Å²) in [6.07, 6.45) is 6.89. The van der Waals surface area contributed by atoms with Crippen molar-refractivity contribution in [1.82, 2.24) is 35.0 Å². The lowest BCUT2D eigenvalue weighted by molar-refractivity contribution is 0.0933. The Bertz CT molecular complexity index is 1380. The molecule has 2 amide bonds. The molecule has 1 atom stereocenters. The van der Waals surface area contributed by atoms with Gasteiger partial charge >= 0.3 is 3.93 Å². The number of alkyl halides is 3. The molecule has 0 aliphatic rings. The Labute approximate surface area is 219 Å². The van der Waals surface area contributed by atoms with Gasteiger partial charge in [0.2, 0.25) is 0 Å². The van der Waals surface area contributed by atoms with Crippen LogP contribution in [-0.2, 0) is 3.93 Å². The number of nitrogens with zero attached hydrogens (tertiary/aromatic N) is 6. The van der Waals surface area contributed by atoms with Gasteiger partial charge in [-0.1, -0.05) is 11.6 Å². The number of thiazole rings is 1. The van der Waals surface area contributed by atoms with E-state index in [1.807, 2.05) is 0 Å². The number of aromatic nitrogens is 6. The third-order valence-electron chi connectivity index (χ3n) is 4.49. The number of anilines is 1. The largest absolute Gasteiger partial charge is 0.342 e. The lowest BCUT2D eigenvalue weighted by Gasteiger charge is -2.12. The first kappa shape index (κ1) is 25.0. The Morgan fingerprint density at radius 3 is 2.69 bits per heavy atom. The second-order valence-electron chi connectivity index (χ2n) is 6.97. The maximum absolute atomic E-state index is 13.7. The summed E-state index contributed by atoms with van der Waals surface area (Å²) in [7, 11) is 0. The Kier molecular flexibility index (Phi) is 7.32. The van der Waals surface area contributed by atoms with Crippen molar-refractivity contribution in [2.24, 2.45) is 0 Å². The molecule has 15 heteroatoms. The molecule has 180 valence electrons. The van der Waals surface area contributed by atoms with E-state index < -0.39 is 27.3 Å². The van der Waals surface area contributed by atoms with E-state index in [1.165, 1.54) is 23.3 Å². The molecule has 4 aromatic heterocycles. The average Bonchev–Trinajstić information content (AvgIpc) is 3.52. The first-order valence-corrected chi connectivity index (χ1v) is 12.0. The zero-order valence-corrected chi connectivity index (χ0v) is 21.3. The van der Waals surface area contributed by atoms with Crippen molar-refractivity contribution < 1.29 is 18.4 Å². The fourth-order valence-corrected chi connectivity index (χ4v) is 4.47. The molecule has 0 radical (unpaired) electrons. The van der Waals surface area contributed by atoms with E-state index in [4.69, 9.17) is 11.6 Å². The van der Waals surface area contributed by atoms with Crippen LogP contribution in [0.25, 0.3) is 5.82 Å². The minimum atomic E-state index is -3.23. The molecule has 0 aliphatic carbocycles. The Morgan fingerprint density at radius 1 is 1.17 bits per heavy atom. The van der Waals surface area contributed by atoms with Crippen LogP contribution in [0.15, 0.2) is 49.3 Å². The summed E-state index contributed by atoms with van der Waals surface area (Å²) in [4.78, 5) is 41.6. The van der Waals surface area contributed by atoms with Crippen molar-refractivity contribution in [3.05, 3.63) is 75.5 Å². The van der Waals surface area contributed by atoms with Crippen LogP contribution in [0.5, 0.6) is 0 Å². The van der Waals surface area contributed by atoms with E-state index in [1.54, 1.807) is 25.4 Å². The molecule has 4 aromatic rings. The fraction of sp³-hybridized carbons (Fsp3) is 0.150. The number of hydrogen-bond acceptors (Lipinski definition) is 8. The highest BCUT2D eigenvalue weighted by Gasteiger charge is 2.30. The average molecular weight is 631 g/mol. The molecule has 4 rings (SSSR count). The predicted octanol–water partition coefficient (Wildman–Crippen LogP) is 4.39. The lowest BCUT2D eigenvalue weighted by Crippen LogP contribution is -2.27. The summed E-state index contributed by atoms with van der Waals surface area (Å²) in [5.74, 6) is -0.717. The third-order valence-corrected chi connectivity index (χ3v) is 6.55. The number of nitrogens with one attached hydrogen (secondary N) is 2. The topological polar surface area (TPSA) is 128 Å². The van der Waals surface area contributed by atoms with Crippen LogP contribution in [0, 0.1) is 0 Å². The highest BCUT2D eigenvalue weighted by atomic mass is 127. The first-order chi connectivity index (χ1) is 16.6. The van der Waals surface area contributed by atoms with Crippen molar-refractivity contribution in [3.63, 3.8) is 0 Å². The Balaban J connectivity index is 1.42. The normalized spacial score (nSPS) is 12.3. The Morgan fingerprint density at radius 2 is 1.97 bits per heavy atom. The second-order valence-corrected chi connectivity index (χ2v) is 9.80. The number of pyridine rings is 1. The van der Waals surface area contributed by atoms with Gasteiger partial charge in [-0.2, -0.15) is 13.9 Å². The van der Waals surface area contributed by atoms with Gasteiger partial charge in [-0.25, -0.2) is 24.6 Å². The SMILES string of the molecule is CC(NC(=O)c1cc(-n2cccn2)ncn1)c1ncc(C(=O)Nc2cc(C(F)(F)I)c(Cl)cn2)s1. The van der Waals surface area contributed by atoms with Crippen molar-refractivity contribution in [2.75, 3.05) is 5.32 Å². The van der Waals surface area contributed by atoms with Crippen LogP contribution >= 0.6 is 45.5 Å². The van der Waals surface area contributed by atoms with Crippen LogP contribution < -0.4 is 10.6 Å². The summed E-state index contributed by atoms with van der Waals surface area (Å²) >= 11 is 7.76. The molecule has 0 saturated heterocycles. The van der Waals surface area contributed by atoms with Gasteiger partial charge < -0.3 is 10.6 Å². The minimum Gasteiger partial charge on any atom is -0.342 e. The molecule has 4 heterocycles. The molecular weight excluding hydrogens is 617 g/mol. The highest BCUT2D eigenvalue weighted by molar-refractivity contribution is 14.1. The van der Waals surface area contributed by atoms with Crippen molar-refractivity contribution >= 4 is 63.2 Å². The maximum Gasteiger partial charge on any atom is 0.323 e. The number of rotatable bonds is 7. The van der Waals surface area contributed by atoms with Gasteiger partial charge in [0.1, 0.15) is 27.7 Å². The van der Waals surface area contributed by atoms with E-state index in [-0.39, 0.29) is 21.4 Å². The first-order valence-electron chi connectivity index (χ1n) is 9.74. The molecule has 1 unspecified atom stereocenters. The molecule has 0 fully saturated rings. The van der Waals surface area contributed by atoms with Crippen LogP contribution in [-0.4, -0.2) is 41.5 Å². The molecule has 0 saturated carbocycles. The standard InChI is InChI=1S/C20H14ClF2IN8O2S/c1-10(30-17(33)13-6-16(28-9-27-13)32-4-2-3-29-32)19-26-8-14(35-19)18(34)31-15-5-11(20(22,23)24)12(21)7-25-15/h2-10H,1H3,(H,30,33)(H,25,31,34). The second kappa shape index (κ2) is 10.2. The number of amides is 2. The molecule has 0 spiro atoms. The number of hydrogen-bond donors (Lipinski definition) is 2. The zero-order chi connectivity index (χ0) is 25.2. The van der Waals surface area contributed by atoms with Gasteiger partial charge in [0, 0.05) is 47.2 Å². The molecule has 0 aliphatic heterocycles. The highest BCUT2D eigenvalue weighted by Crippen LogP contribution is 2.39. The number of halogens is 4. The summed E-state index contributed by atoms with van der Waals surface area (Å²) in [6.45, 7) is 1.70. The van der Waals surface area contributed by atoms with Crippen molar-refractivity contribution in [1.29, 1.82) is 0 Å². The molecule has 0 bridgehead atoms. The van der Waals surface area contributed by atoms with Crippen molar-refractivity contribution in [2.45, 2.75) is 16.9 Å². The van der Waals surface area contributed by atoms with Gasteiger partial charge in [0.25, 0.3) is 11.8 Å². The van der Waals surface area contributed by atoms with E-state index in [0.29, 0.717) is 10.8 Å². The maximum atomic E-state index is 13.7. The summed E-state index contributed by atoms with van der Waals surface area (Å²) < 4.78 is 25.6. The number of carbonyl (C=O) groups is 2. The fourth-order valence-electron chi connectivity index (χ4n) is 2.83. The monoisotopic (exact) mass is 630 g/mol. The third kappa shape index (κ3) is 5.94. The summed E-state index contributed by atoms with van der Waals surface area (Å²) in [5.41, 5.74) is -0.338. The van der Waals surface area contributed by atoms with Gasteiger partial charge in [0.05, 0.1) is 22.8 Å². The molecule has 0 aromatic carbocycles. The molecule has 10 nitrogen and oxygen atoms in total. The van der Waals surface area contributed by atoms with Crippen LogP contribution in [0.4, 0.5) is 14.6 Å². The van der Waals surface area contributed by atoms with E-state index >= 15 is 0 Å². The van der Waals surface area contributed by atoms with E-state index in [0.717, 1.165) is 46.2 Å². The minimum absolute atomic E-state index is 0.0845. The van der Waals surface area contributed by atoms with Gasteiger partial charge in [0.15, 0.2) is 5.82 Å². The van der Waals surface area contributed by atoms with Gasteiger partial charge in [-0.15, -0.1) is 11.3 Å². The van der Waals surface area contributed by atoms with Crippen LogP contribution in [0.1, 0.15) is 43.7 Å². The zero-order valence-electron chi connectivity index (χ0n) is 17.6. The van der Waals surface area contributed by atoms with Crippen LogP contribution in [0.3, 0.4) is 0 Å². The lowest BCUT2D eigenvalue weighted by atomic mass is 10.2. The molecule has 2 N–H and O–H groups in total. The van der Waals surface area contributed by atoms with E-state index in [9.17, 15) is 18.4 Å². The number of carbonyl (C=O) groups excluding carboxylic acids is 2. The van der Waals surface area contributed by atoms with Gasteiger partial charge in [-0.05, 0) is 19.1 Å². The Hall–Kier alpha value is -3.11. The summed E-state index contributed by atoms with van der Waals surface area (Å²) in [6, 6.07) is 3.68. The van der Waals surface area contributed by atoms with Gasteiger partial charge in [-0.3, -0.25) is 9.59 Å². The predicted molar refractivity (Wildman–Crippen MR) is 132 cm³/mol.